The van der Waals surface area contributed by atoms with Gasteiger partial charge < -0.3 is 15.5 Å². The quantitative estimate of drug-likeness (QED) is 0.414. The molecule has 1 rings (SSSR count). The fourth-order valence-corrected chi connectivity index (χ4v) is 2.57. The van der Waals surface area contributed by atoms with E-state index < -0.39 is 0 Å². The molecular formula is C16H33IN4O. The van der Waals surface area contributed by atoms with Crippen molar-refractivity contribution in [3.8, 4) is 0 Å². The van der Waals surface area contributed by atoms with Crippen LogP contribution in [0.5, 0.6) is 0 Å². The second kappa shape index (κ2) is 10.3. The van der Waals surface area contributed by atoms with Crippen LogP contribution in [-0.4, -0.2) is 49.5 Å². The molecule has 0 aromatic carbocycles. The monoisotopic (exact) mass is 424 g/mol. The van der Waals surface area contributed by atoms with Crippen molar-refractivity contribution in [2.24, 2.45) is 16.8 Å². The number of hydrogen-bond acceptors (Lipinski definition) is 2. The lowest BCUT2D eigenvalue weighted by Crippen LogP contribution is -2.48. The lowest BCUT2D eigenvalue weighted by Gasteiger charge is -2.33. The summed E-state index contributed by atoms with van der Waals surface area (Å²) in [5.74, 6) is 2.31. The Kier molecular flexibility index (Phi) is 10.0. The van der Waals surface area contributed by atoms with E-state index >= 15 is 0 Å². The van der Waals surface area contributed by atoms with Crippen LogP contribution in [-0.2, 0) is 4.79 Å². The van der Waals surface area contributed by atoms with Gasteiger partial charge in [-0.2, -0.15) is 0 Å². The molecule has 22 heavy (non-hydrogen) atoms. The molecule has 1 fully saturated rings. The molecule has 0 aromatic rings. The largest absolute Gasteiger partial charge is 0.354 e. The number of guanidine groups is 1. The maximum absolute atomic E-state index is 11.7. The third kappa shape index (κ3) is 7.65. The molecule has 0 heterocycles. The van der Waals surface area contributed by atoms with E-state index in [0.717, 1.165) is 17.8 Å². The fraction of sp³-hybridized carbons (Fsp3) is 0.875. The minimum Gasteiger partial charge on any atom is -0.354 e. The van der Waals surface area contributed by atoms with E-state index in [1.54, 1.807) is 19.0 Å². The minimum absolute atomic E-state index is 0. The number of hydrogen-bond donors (Lipinski definition) is 2. The highest BCUT2D eigenvalue weighted by Crippen LogP contribution is 2.29. The Morgan fingerprint density at radius 1 is 1.23 bits per heavy atom. The molecule has 5 nitrogen and oxygen atoms in total. The van der Waals surface area contributed by atoms with E-state index in [4.69, 9.17) is 0 Å². The number of carbonyl (C=O) groups excluding carboxylic acids is 1. The van der Waals surface area contributed by atoms with Crippen LogP contribution < -0.4 is 10.6 Å². The van der Waals surface area contributed by atoms with Crippen LogP contribution in [0, 0.1) is 11.8 Å². The Balaban J connectivity index is 0.00000441. The van der Waals surface area contributed by atoms with Gasteiger partial charge in [0.25, 0.3) is 0 Å². The molecular weight excluding hydrogens is 391 g/mol. The van der Waals surface area contributed by atoms with Gasteiger partial charge in [0, 0.05) is 26.2 Å². The average Bonchev–Trinajstić information content (AvgIpc) is 2.39. The van der Waals surface area contributed by atoms with Crippen molar-refractivity contribution in [3.63, 3.8) is 0 Å². The summed E-state index contributed by atoms with van der Waals surface area (Å²) >= 11 is 0. The van der Waals surface area contributed by atoms with E-state index in [1.165, 1.54) is 19.3 Å². The average molecular weight is 424 g/mol. The van der Waals surface area contributed by atoms with Gasteiger partial charge in [0.15, 0.2) is 5.96 Å². The molecule has 0 spiro atoms. The molecule has 6 heteroatoms. The van der Waals surface area contributed by atoms with Crippen LogP contribution >= 0.6 is 24.0 Å². The van der Waals surface area contributed by atoms with Crippen molar-refractivity contribution in [1.29, 1.82) is 0 Å². The normalized spacial score (nSPS) is 25.4. The molecule has 0 aliphatic heterocycles. The summed E-state index contributed by atoms with van der Waals surface area (Å²) in [6.45, 7) is 9.00. The highest BCUT2D eigenvalue weighted by molar-refractivity contribution is 14.0. The topological polar surface area (TPSA) is 56.7 Å². The summed E-state index contributed by atoms with van der Waals surface area (Å²) < 4.78 is 0. The number of carbonyl (C=O) groups is 1. The van der Waals surface area contributed by atoms with Gasteiger partial charge in [-0.1, -0.05) is 13.8 Å². The summed E-state index contributed by atoms with van der Waals surface area (Å²) in [6, 6.07) is 0.751. The molecule has 3 atom stereocenters. The van der Waals surface area contributed by atoms with Gasteiger partial charge in [-0.25, -0.2) is 4.99 Å². The lowest BCUT2D eigenvalue weighted by atomic mass is 9.79. The number of rotatable bonds is 4. The second-order valence-corrected chi connectivity index (χ2v) is 6.86. The predicted octanol–water partition coefficient (Wildman–Crippen LogP) is 2.46. The van der Waals surface area contributed by atoms with Crippen LogP contribution in [0.3, 0.4) is 0 Å². The predicted molar refractivity (Wildman–Crippen MR) is 104 cm³/mol. The van der Waals surface area contributed by atoms with E-state index in [2.05, 4.69) is 43.3 Å². The zero-order valence-corrected chi connectivity index (χ0v) is 17.2. The molecule has 0 bridgehead atoms. The number of likely N-dealkylation sites (N-methyl/N-ethyl adjacent to an activating group) is 1. The molecule has 1 saturated carbocycles. The van der Waals surface area contributed by atoms with Crippen molar-refractivity contribution in [3.05, 3.63) is 0 Å². The molecule has 1 aliphatic rings. The summed E-state index contributed by atoms with van der Waals surface area (Å²) in [5, 5.41) is 6.82. The summed E-state index contributed by atoms with van der Waals surface area (Å²) in [4.78, 5) is 17.7. The SMILES string of the molecule is CC(C)NC(=NCC(=O)N(C)C)NC1CCC(C)C(C)C1.I. The van der Waals surface area contributed by atoms with Crippen LogP contribution in [0.2, 0.25) is 0 Å². The number of aliphatic imine (C=N–C) groups is 1. The Labute approximate surface area is 152 Å². The fourth-order valence-electron chi connectivity index (χ4n) is 2.57. The van der Waals surface area contributed by atoms with E-state index in [1.807, 2.05) is 0 Å². The third-order valence-electron chi connectivity index (χ3n) is 4.24. The Bertz CT molecular complexity index is 371. The second-order valence-electron chi connectivity index (χ2n) is 6.86. The molecule has 1 aliphatic carbocycles. The summed E-state index contributed by atoms with van der Waals surface area (Å²) in [7, 11) is 3.51. The van der Waals surface area contributed by atoms with Gasteiger partial charge >= 0.3 is 0 Å². The Morgan fingerprint density at radius 3 is 2.36 bits per heavy atom. The van der Waals surface area contributed by atoms with Gasteiger partial charge in [-0.3, -0.25) is 4.79 Å². The molecule has 2 N–H and O–H groups in total. The van der Waals surface area contributed by atoms with E-state index in [9.17, 15) is 4.79 Å². The lowest BCUT2D eigenvalue weighted by molar-refractivity contribution is -0.127. The smallest absolute Gasteiger partial charge is 0.243 e. The molecule has 0 saturated heterocycles. The molecule has 130 valence electrons. The number of nitrogens with one attached hydrogen (secondary N) is 2. The Morgan fingerprint density at radius 2 is 1.86 bits per heavy atom. The van der Waals surface area contributed by atoms with Gasteiger partial charge in [-0.15, -0.1) is 24.0 Å². The van der Waals surface area contributed by atoms with Crippen LogP contribution in [0.1, 0.15) is 47.0 Å². The summed E-state index contributed by atoms with van der Waals surface area (Å²) in [5.41, 5.74) is 0. The zero-order chi connectivity index (χ0) is 16.0. The van der Waals surface area contributed by atoms with Gasteiger partial charge in [0.1, 0.15) is 6.54 Å². The van der Waals surface area contributed by atoms with Crippen molar-refractivity contribution in [2.75, 3.05) is 20.6 Å². The first-order valence-corrected chi connectivity index (χ1v) is 8.07. The highest BCUT2D eigenvalue weighted by Gasteiger charge is 2.25. The van der Waals surface area contributed by atoms with Crippen LogP contribution in [0.25, 0.3) is 0 Å². The zero-order valence-electron chi connectivity index (χ0n) is 14.8. The van der Waals surface area contributed by atoms with Crippen LogP contribution in [0.4, 0.5) is 0 Å². The maximum Gasteiger partial charge on any atom is 0.243 e. The number of nitrogens with zero attached hydrogens (tertiary/aromatic N) is 2. The standard InChI is InChI=1S/C16H32N4O.HI/c1-11(2)18-16(17-10-15(21)20(5)6)19-14-8-7-12(3)13(4)9-14;/h11-14H,7-10H2,1-6H3,(H2,17,18,19);1H. The molecule has 1 amide bonds. The van der Waals surface area contributed by atoms with Crippen molar-refractivity contribution in [1.82, 2.24) is 15.5 Å². The first-order chi connectivity index (χ1) is 9.79. The van der Waals surface area contributed by atoms with E-state index in [0.29, 0.717) is 12.1 Å². The number of halogens is 1. The molecule has 0 aromatic heterocycles. The van der Waals surface area contributed by atoms with Crippen molar-refractivity contribution in [2.45, 2.75) is 59.0 Å². The van der Waals surface area contributed by atoms with Gasteiger partial charge in [0.2, 0.25) is 5.91 Å². The first-order valence-electron chi connectivity index (χ1n) is 8.07. The minimum atomic E-state index is 0. The number of amides is 1. The van der Waals surface area contributed by atoms with E-state index in [-0.39, 0.29) is 36.4 Å². The van der Waals surface area contributed by atoms with Gasteiger partial charge in [0.05, 0.1) is 0 Å². The highest BCUT2D eigenvalue weighted by atomic mass is 127. The van der Waals surface area contributed by atoms with Crippen molar-refractivity contribution < 1.29 is 4.79 Å². The summed E-state index contributed by atoms with van der Waals surface area (Å²) in [6.07, 6.45) is 3.60. The van der Waals surface area contributed by atoms with Crippen molar-refractivity contribution >= 4 is 35.8 Å². The molecule has 0 radical (unpaired) electrons. The van der Waals surface area contributed by atoms with Crippen LogP contribution in [0.15, 0.2) is 4.99 Å². The Hall–Kier alpha value is -0.530. The third-order valence-corrected chi connectivity index (χ3v) is 4.24. The van der Waals surface area contributed by atoms with Gasteiger partial charge in [-0.05, 0) is 44.9 Å². The molecule has 3 unspecified atom stereocenters. The maximum atomic E-state index is 11.7. The first kappa shape index (κ1) is 21.5.